The van der Waals surface area contributed by atoms with E-state index in [0.717, 1.165) is 5.92 Å². The zero-order valence-electron chi connectivity index (χ0n) is 9.89. The highest BCUT2D eigenvalue weighted by molar-refractivity contribution is 5.37. The molecule has 1 aromatic rings. The normalized spacial score (nSPS) is 23.5. The summed E-state index contributed by atoms with van der Waals surface area (Å²) in [5.41, 5.74) is 3.81. The van der Waals surface area contributed by atoms with E-state index in [-0.39, 0.29) is 0 Å². The molecule has 2 rings (SSSR count). The van der Waals surface area contributed by atoms with Crippen LogP contribution < -0.4 is 0 Å². The molecule has 0 atom stereocenters. The summed E-state index contributed by atoms with van der Waals surface area (Å²) < 4.78 is 0. The van der Waals surface area contributed by atoms with Gasteiger partial charge in [0.05, 0.1) is 0 Å². The van der Waals surface area contributed by atoms with Crippen LogP contribution in [0.25, 0.3) is 0 Å². The van der Waals surface area contributed by atoms with Crippen molar-refractivity contribution in [2.24, 2.45) is 10.8 Å². The van der Waals surface area contributed by atoms with Crippen LogP contribution in [0.3, 0.4) is 0 Å². The fourth-order valence-electron chi connectivity index (χ4n) is 2.88. The Balaban J connectivity index is 2.36. The van der Waals surface area contributed by atoms with Gasteiger partial charge in [0.15, 0.2) is 0 Å². The van der Waals surface area contributed by atoms with E-state index in [9.17, 15) is 0 Å². The van der Waals surface area contributed by atoms with E-state index >= 15 is 0 Å². The fourth-order valence-corrected chi connectivity index (χ4v) is 2.88. The second-order valence-corrected chi connectivity index (χ2v) is 5.79. The van der Waals surface area contributed by atoms with Crippen molar-refractivity contribution >= 4 is 0 Å². The fraction of sp³-hybridized carbons (Fsp3) is 0.571. The van der Waals surface area contributed by atoms with Gasteiger partial charge in [-0.05, 0) is 29.2 Å². The highest BCUT2D eigenvalue weighted by Gasteiger charge is 2.64. The predicted octanol–water partition coefficient (Wildman–Crippen LogP) is 4.14. The van der Waals surface area contributed by atoms with Gasteiger partial charge >= 0.3 is 0 Å². The SMILES string of the molecule is Cc1cccc(C2C(C)(C)C2(C)C)c1. The van der Waals surface area contributed by atoms with Crippen LogP contribution in [0.2, 0.25) is 0 Å². The lowest BCUT2D eigenvalue weighted by Crippen LogP contribution is -1.95. The number of rotatable bonds is 1. The van der Waals surface area contributed by atoms with Gasteiger partial charge in [-0.3, -0.25) is 0 Å². The zero-order chi connectivity index (χ0) is 10.6. The van der Waals surface area contributed by atoms with Gasteiger partial charge in [0.1, 0.15) is 0 Å². The molecule has 0 aliphatic heterocycles. The Bertz CT molecular complexity index is 344. The topological polar surface area (TPSA) is 0 Å². The van der Waals surface area contributed by atoms with Crippen molar-refractivity contribution < 1.29 is 0 Å². The van der Waals surface area contributed by atoms with Crippen molar-refractivity contribution in [2.75, 3.05) is 0 Å². The van der Waals surface area contributed by atoms with Crippen molar-refractivity contribution in [1.29, 1.82) is 0 Å². The average molecular weight is 188 g/mol. The third-order valence-electron chi connectivity index (χ3n) is 4.40. The Kier molecular flexibility index (Phi) is 1.83. The summed E-state index contributed by atoms with van der Waals surface area (Å²) in [6.07, 6.45) is 0. The highest BCUT2D eigenvalue weighted by Crippen LogP contribution is 2.73. The minimum Gasteiger partial charge on any atom is -0.0617 e. The molecule has 76 valence electrons. The molecular formula is C14H20. The summed E-state index contributed by atoms with van der Waals surface area (Å²) >= 11 is 0. The quantitative estimate of drug-likeness (QED) is 0.621. The summed E-state index contributed by atoms with van der Waals surface area (Å²) in [5.74, 6) is 0.731. The third-order valence-corrected chi connectivity index (χ3v) is 4.40. The minimum absolute atomic E-state index is 0.459. The van der Waals surface area contributed by atoms with Crippen molar-refractivity contribution in [3.8, 4) is 0 Å². The summed E-state index contributed by atoms with van der Waals surface area (Å²) in [5, 5.41) is 0. The second kappa shape index (κ2) is 2.62. The van der Waals surface area contributed by atoms with E-state index in [0.29, 0.717) is 10.8 Å². The van der Waals surface area contributed by atoms with E-state index < -0.39 is 0 Å². The number of aryl methyl sites for hydroxylation is 1. The van der Waals surface area contributed by atoms with Gasteiger partial charge in [0.25, 0.3) is 0 Å². The van der Waals surface area contributed by atoms with Crippen molar-refractivity contribution in [3.05, 3.63) is 35.4 Å². The first-order valence-electron chi connectivity index (χ1n) is 5.44. The van der Waals surface area contributed by atoms with Crippen LogP contribution >= 0.6 is 0 Å². The molecule has 0 spiro atoms. The Morgan fingerprint density at radius 1 is 1.00 bits per heavy atom. The first kappa shape index (κ1) is 9.76. The van der Waals surface area contributed by atoms with Crippen LogP contribution in [0.1, 0.15) is 44.7 Å². The Morgan fingerprint density at radius 2 is 1.57 bits per heavy atom. The van der Waals surface area contributed by atoms with Gasteiger partial charge in [-0.15, -0.1) is 0 Å². The molecule has 0 radical (unpaired) electrons. The van der Waals surface area contributed by atoms with E-state index in [2.05, 4.69) is 58.9 Å². The van der Waals surface area contributed by atoms with Gasteiger partial charge < -0.3 is 0 Å². The lowest BCUT2D eigenvalue weighted by molar-refractivity contribution is 0.457. The van der Waals surface area contributed by atoms with Crippen LogP contribution in [0.15, 0.2) is 24.3 Å². The summed E-state index contributed by atoms with van der Waals surface area (Å²) in [6, 6.07) is 8.95. The molecule has 0 aromatic heterocycles. The van der Waals surface area contributed by atoms with Gasteiger partial charge in [0.2, 0.25) is 0 Å². The largest absolute Gasteiger partial charge is 0.0617 e. The lowest BCUT2D eigenvalue weighted by Gasteiger charge is -2.03. The zero-order valence-corrected chi connectivity index (χ0v) is 9.89. The van der Waals surface area contributed by atoms with E-state index in [1.54, 1.807) is 0 Å². The smallest absolute Gasteiger partial charge is 0.00486 e. The first-order valence-corrected chi connectivity index (χ1v) is 5.44. The summed E-state index contributed by atoms with van der Waals surface area (Å²) in [4.78, 5) is 0. The summed E-state index contributed by atoms with van der Waals surface area (Å²) in [7, 11) is 0. The Morgan fingerprint density at radius 3 is 2.00 bits per heavy atom. The van der Waals surface area contributed by atoms with Crippen molar-refractivity contribution in [2.45, 2.75) is 40.5 Å². The van der Waals surface area contributed by atoms with Crippen LogP contribution in [-0.4, -0.2) is 0 Å². The molecule has 0 amide bonds. The van der Waals surface area contributed by atoms with Gasteiger partial charge in [-0.1, -0.05) is 57.5 Å². The highest BCUT2D eigenvalue weighted by atomic mass is 14.7. The molecule has 0 nitrogen and oxygen atoms in total. The molecule has 0 heterocycles. The van der Waals surface area contributed by atoms with Crippen molar-refractivity contribution in [1.82, 2.24) is 0 Å². The molecule has 0 saturated heterocycles. The Labute approximate surface area is 87.3 Å². The number of hydrogen-bond donors (Lipinski definition) is 0. The molecule has 14 heavy (non-hydrogen) atoms. The standard InChI is InChI=1S/C14H20/c1-10-7-6-8-11(9-10)12-13(2,3)14(12,4)5/h6-9,12H,1-5H3. The van der Waals surface area contributed by atoms with Crippen LogP contribution in [0.5, 0.6) is 0 Å². The van der Waals surface area contributed by atoms with Gasteiger partial charge in [-0.25, -0.2) is 0 Å². The molecule has 1 fully saturated rings. The average Bonchev–Trinajstić information content (AvgIpc) is 2.42. The molecular weight excluding hydrogens is 168 g/mol. The maximum atomic E-state index is 2.38. The maximum absolute atomic E-state index is 2.38. The van der Waals surface area contributed by atoms with E-state index in [4.69, 9.17) is 0 Å². The second-order valence-electron chi connectivity index (χ2n) is 5.79. The van der Waals surface area contributed by atoms with Gasteiger partial charge in [-0.2, -0.15) is 0 Å². The first-order chi connectivity index (χ1) is 6.37. The predicted molar refractivity (Wildman–Crippen MR) is 61.5 cm³/mol. The molecule has 1 aromatic carbocycles. The molecule has 1 aliphatic rings. The number of hydrogen-bond acceptors (Lipinski definition) is 0. The van der Waals surface area contributed by atoms with Crippen LogP contribution in [0.4, 0.5) is 0 Å². The molecule has 0 bridgehead atoms. The maximum Gasteiger partial charge on any atom is -0.00486 e. The molecule has 1 saturated carbocycles. The molecule has 0 N–H and O–H groups in total. The monoisotopic (exact) mass is 188 g/mol. The van der Waals surface area contributed by atoms with E-state index in [1.165, 1.54) is 11.1 Å². The van der Waals surface area contributed by atoms with Gasteiger partial charge in [0, 0.05) is 0 Å². The number of benzene rings is 1. The van der Waals surface area contributed by atoms with Crippen molar-refractivity contribution in [3.63, 3.8) is 0 Å². The third kappa shape index (κ3) is 1.13. The Hall–Kier alpha value is -0.780. The van der Waals surface area contributed by atoms with Crippen LogP contribution in [-0.2, 0) is 0 Å². The summed E-state index contributed by atoms with van der Waals surface area (Å²) in [6.45, 7) is 11.7. The minimum atomic E-state index is 0.459. The molecule has 1 aliphatic carbocycles. The molecule has 0 heteroatoms. The lowest BCUT2D eigenvalue weighted by atomic mass is 10.0. The van der Waals surface area contributed by atoms with Crippen LogP contribution in [0, 0.1) is 17.8 Å². The van der Waals surface area contributed by atoms with E-state index in [1.807, 2.05) is 0 Å². The molecule has 0 unspecified atom stereocenters.